The first kappa shape index (κ1) is 31.7. The number of thioether (sulfide) groups is 1. The molecule has 0 bridgehead atoms. The summed E-state index contributed by atoms with van der Waals surface area (Å²) < 4.78 is 68.1. The Kier molecular flexibility index (Phi) is 10.4. The standard InChI is InChI=1S/C29H35N3O7S3/c1-4-39-26-11-7-6-10-25(26)32(41(34,35)24-15-13-23(40-3)14-16-24)21-29(33)30-22-12-17-27(38-2)28(20-22)42(36,37)31-18-8-5-9-19-31/h6-7,10-17,20H,4-5,8-9,18-19,21H2,1-3H3,(H,30,33). The zero-order chi connectivity index (χ0) is 30.3. The van der Waals surface area contributed by atoms with E-state index in [1.54, 1.807) is 43.3 Å². The number of rotatable bonds is 12. The van der Waals surface area contributed by atoms with Crippen molar-refractivity contribution in [2.24, 2.45) is 0 Å². The monoisotopic (exact) mass is 633 g/mol. The van der Waals surface area contributed by atoms with E-state index in [2.05, 4.69) is 5.32 Å². The van der Waals surface area contributed by atoms with Crippen LogP contribution in [0.25, 0.3) is 0 Å². The summed E-state index contributed by atoms with van der Waals surface area (Å²) in [5.74, 6) is -0.212. The van der Waals surface area contributed by atoms with E-state index < -0.39 is 32.5 Å². The van der Waals surface area contributed by atoms with Crippen molar-refractivity contribution in [3.05, 3.63) is 66.7 Å². The SMILES string of the molecule is CCOc1ccccc1N(CC(=O)Nc1ccc(OC)c(S(=O)(=O)N2CCCCC2)c1)S(=O)(=O)c1ccc(SC)cc1. The van der Waals surface area contributed by atoms with Crippen LogP contribution in [0.1, 0.15) is 26.2 Å². The fourth-order valence-electron chi connectivity index (χ4n) is 4.65. The molecule has 226 valence electrons. The fourth-order valence-corrected chi connectivity index (χ4v) is 8.18. The summed E-state index contributed by atoms with van der Waals surface area (Å²) in [4.78, 5) is 14.2. The van der Waals surface area contributed by atoms with Gasteiger partial charge >= 0.3 is 0 Å². The van der Waals surface area contributed by atoms with Gasteiger partial charge in [-0.2, -0.15) is 4.31 Å². The molecule has 0 radical (unpaired) electrons. The quantitative estimate of drug-likeness (QED) is 0.282. The van der Waals surface area contributed by atoms with E-state index in [4.69, 9.17) is 9.47 Å². The highest BCUT2D eigenvalue weighted by Gasteiger charge is 2.31. The van der Waals surface area contributed by atoms with Crippen molar-refractivity contribution in [1.82, 2.24) is 4.31 Å². The minimum absolute atomic E-state index is 0.0127. The number of ether oxygens (including phenoxy) is 2. The predicted molar refractivity (Wildman–Crippen MR) is 165 cm³/mol. The van der Waals surface area contributed by atoms with Crippen LogP contribution < -0.4 is 19.1 Å². The number of nitrogens with zero attached hydrogens (tertiary/aromatic N) is 2. The largest absolute Gasteiger partial charge is 0.495 e. The van der Waals surface area contributed by atoms with E-state index in [-0.39, 0.29) is 26.9 Å². The summed E-state index contributed by atoms with van der Waals surface area (Å²) in [6.07, 6.45) is 4.39. The topological polar surface area (TPSA) is 122 Å². The Morgan fingerprint density at radius 1 is 0.952 bits per heavy atom. The third-order valence-corrected chi connectivity index (χ3v) is 11.2. The van der Waals surface area contributed by atoms with Gasteiger partial charge in [-0.3, -0.25) is 9.10 Å². The molecule has 0 unspecified atom stereocenters. The summed E-state index contributed by atoms with van der Waals surface area (Å²) in [5.41, 5.74) is 0.391. The van der Waals surface area contributed by atoms with Crippen molar-refractivity contribution >= 4 is 49.1 Å². The van der Waals surface area contributed by atoms with Crippen molar-refractivity contribution in [3.63, 3.8) is 0 Å². The van der Waals surface area contributed by atoms with Crippen molar-refractivity contribution in [2.45, 2.75) is 40.9 Å². The molecule has 1 aliphatic heterocycles. The first-order chi connectivity index (χ1) is 20.1. The van der Waals surface area contributed by atoms with Gasteiger partial charge in [0.05, 0.1) is 24.3 Å². The summed E-state index contributed by atoms with van der Waals surface area (Å²) >= 11 is 1.48. The van der Waals surface area contributed by atoms with Gasteiger partial charge in [0.15, 0.2) is 0 Å². The second kappa shape index (κ2) is 13.8. The zero-order valence-electron chi connectivity index (χ0n) is 23.8. The predicted octanol–water partition coefficient (Wildman–Crippen LogP) is 4.82. The Balaban J connectivity index is 1.67. The zero-order valence-corrected chi connectivity index (χ0v) is 26.2. The number of methoxy groups -OCH3 is 1. The number of nitrogens with one attached hydrogen (secondary N) is 1. The van der Waals surface area contributed by atoms with Crippen molar-refractivity contribution in [3.8, 4) is 11.5 Å². The number of benzene rings is 3. The van der Waals surface area contributed by atoms with Gasteiger partial charge in [0, 0.05) is 23.7 Å². The van der Waals surface area contributed by atoms with Crippen LogP contribution in [-0.4, -0.2) is 66.7 Å². The lowest BCUT2D eigenvalue weighted by Crippen LogP contribution is -2.38. The Morgan fingerprint density at radius 3 is 2.29 bits per heavy atom. The van der Waals surface area contributed by atoms with Gasteiger partial charge in [-0.1, -0.05) is 18.6 Å². The lowest BCUT2D eigenvalue weighted by atomic mass is 10.2. The smallest absolute Gasteiger partial charge is 0.264 e. The Morgan fingerprint density at radius 2 is 1.64 bits per heavy atom. The van der Waals surface area contributed by atoms with Crippen molar-refractivity contribution in [1.29, 1.82) is 0 Å². The minimum Gasteiger partial charge on any atom is -0.495 e. The number of piperidine rings is 1. The highest BCUT2D eigenvalue weighted by molar-refractivity contribution is 7.98. The number of para-hydroxylation sites is 2. The van der Waals surface area contributed by atoms with Gasteiger partial charge in [-0.15, -0.1) is 11.8 Å². The average molecular weight is 634 g/mol. The second-order valence-corrected chi connectivity index (χ2v) is 14.1. The Labute approximate surface area is 252 Å². The van der Waals surface area contributed by atoms with Crippen molar-refractivity contribution in [2.75, 3.05) is 49.2 Å². The summed E-state index contributed by atoms with van der Waals surface area (Å²) in [6, 6.07) is 17.3. The molecule has 0 saturated carbocycles. The maximum absolute atomic E-state index is 13.9. The molecule has 1 N–H and O–H groups in total. The fraction of sp³-hybridized carbons (Fsp3) is 0.345. The lowest BCUT2D eigenvalue weighted by molar-refractivity contribution is -0.114. The Hall–Kier alpha value is -3.26. The Bertz CT molecular complexity index is 1610. The van der Waals surface area contributed by atoms with E-state index >= 15 is 0 Å². The van der Waals surface area contributed by atoms with E-state index in [1.165, 1.54) is 53.5 Å². The van der Waals surface area contributed by atoms with Crippen molar-refractivity contribution < 1.29 is 31.1 Å². The van der Waals surface area contributed by atoms with E-state index in [0.717, 1.165) is 28.5 Å². The molecule has 1 saturated heterocycles. The molecule has 10 nitrogen and oxygen atoms in total. The first-order valence-corrected chi connectivity index (χ1v) is 17.6. The molecule has 13 heteroatoms. The molecule has 4 rings (SSSR count). The van der Waals surface area contributed by atoms with Gasteiger partial charge in [-0.05, 0) is 80.6 Å². The summed E-state index contributed by atoms with van der Waals surface area (Å²) in [5, 5.41) is 2.67. The highest BCUT2D eigenvalue weighted by Crippen LogP contribution is 2.34. The molecular weight excluding hydrogens is 599 g/mol. The maximum Gasteiger partial charge on any atom is 0.264 e. The lowest BCUT2D eigenvalue weighted by Gasteiger charge is -2.27. The van der Waals surface area contributed by atoms with Crippen LogP contribution in [0.5, 0.6) is 11.5 Å². The molecule has 3 aromatic carbocycles. The first-order valence-electron chi connectivity index (χ1n) is 13.5. The van der Waals surface area contributed by atoms with Crippen LogP contribution in [0.2, 0.25) is 0 Å². The third-order valence-electron chi connectivity index (χ3n) is 6.75. The van der Waals surface area contributed by atoms with Gasteiger partial charge in [0.1, 0.15) is 22.9 Å². The normalized spacial score (nSPS) is 14.3. The summed E-state index contributed by atoms with van der Waals surface area (Å²) in [6.45, 7) is 2.30. The second-order valence-electron chi connectivity index (χ2n) is 9.47. The molecule has 0 aromatic heterocycles. The molecule has 0 atom stereocenters. The number of anilines is 2. The maximum atomic E-state index is 13.9. The van der Waals surface area contributed by atoms with Crippen LogP contribution in [0.4, 0.5) is 11.4 Å². The molecule has 0 aliphatic carbocycles. The molecule has 1 amide bonds. The number of amides is 1. The van der Waals surface area contributed by atoms with Gasteiger partial charge in [0.25, 0.3) is 10.0 Å². The highest BCUT2D eigenvalue weighted by atomic mass is 32.2. The number of carbonyl (C=O) groups excluding carboxylic acids is 1. The molecule has 0 spiro atoms. The van der Waals surface area contributed by atoms with E-state index in [1.807, 2.05) is 6.26 Å². The van der Waals surface area contributed by atoms with Gasteiger partial charge in [0.2, 0.25) is 15.9 Å². The van der Waals surface area contributed by atoms with Crippen LogP contribution in [0.3, 0.4) is 0 Å². The molecule has 1 aliphatic rings. The molecule has 42 heavy (non-hydrogen) atoms. The third kappa shape index (κ3) is 7.02. The number of sulfonamides is 2. The van der Waals surface area contributed by atoms with Crippen LogP contribution in [-0.2, 0) is 24.8 Å². The average Bonchev–Trinajstić information content (AvgIpc) is 3.01. The van der Waals surface area contributed by atoms with Crippen LogP contribution in [0, 0.1) is 0 Å². The molecule has 1 heterocycles. The van der Waals surface area contributed by atoms with Gasteiger partial charge < -0.3 is 14.8 Å². The number of hydrogen-bond acceptors (Lipinski definition) is 8. The number of carbonyl (C=O) groups is 1. The van der Waals surface area contributed by atoms with Gasteiger partial charge in [-0.25, -0.2) is 16.8 Å². The van der Waals surface area contributed by atoms with Crippen LogP contribution in [0.15, 0.2) is 81.4 Å². The minimum atomic E-state index is -4.20. The molecular formula is C29H35N3O7S3. The van der Waals surface area contributed by atoms with E-state index in [0.29, 0.717) is 25.4 Å². The molecule has 1 fully saturated rings. The van der Waals surface area contributed by atoms with Crippen LogP contribution >= 0.6 is 11.8 Å². The van der Waals surface area contributed by atoms with E-state index in [9.17, 15) is 21.6 Å². The molecule has 3 aromatic rings. The summed E-state index contributed by atoms with van der Waals surface area (Å²) in [7, 11) is -6.69. The number of hydrogen-bond donors (Lipinski definition) is 1.